The number of benzene rings is 1. The molecule has 0 aliphatic carbocycles. The van der Waals surface area contributed by atoms with Crippen molar-refractivity contribution in [3.8, 4) is 5.75 Å². The highest BCUT2D eigenvalue weighted by Gasteiger charge is 2.13. The van der Waals surface area contributed by atoms with Crippen LogP contribution in [0, 0.1) is 0 Å². The zero-order valence-electron chi connectivity index (χ0n) is 11.2. The first-order valence-corrected chi connectivity index (χ1v) is 7.95. The Morgan fingerprint density at radius 1 is 1.26 bits per heavy atom. The lowest BCUT2D eigenvalue weighted by Gasteiger charge is -2.15. The summed E-state index contributed by atoms with van der Waals surface area (Å²) in [5.41, 5.74) is 1.34. The van der Waals surface area contributed by atoms with Gasteiger partial charge in [-0.05, 0) is 65.0 Å². The van der Waals surface area contributed by atoms with E-state index in [0.717, 1.165) is 18.6 Å². The van der Waals surface area contributed by atoms with Crippen LogP contribution in [0.15, 0.2) is 40.2 Å². The average molecular weight is 340 g/mol. The van der Waals surface area contributed by atoms with E-state index < -0.39 is 0 Å². The minimum absolute atomic E-state index is 0.400. The van der Waals surface area contributed by atoms with Crippen molar-refractivity contribution in [2.45, 2.75) is 18.9 Å². The number of rotatable bonds is 6. The topological polar surface area (TPSA) is 21.3 Å². The summed E-state index contributed by atoms with van der Waals surface area (Å²) in [6, 6.07) is 10.8. The third-order valence-electron chi connectivity index (χ3n) is 3.19. The molecule has 1 atom stereocenters. The summed E-state index contributed by atoms with van der Waals surface area (Å²) in [6.45, 7) is 0. The van der Waals surface area contributed by atoms with E-state index in [9.17, 15) is 0 Å². The number of nitrogens with one attached hydrogen (secondary N) is 1. The van der Waals surface area contributed by atoms with E-state index in [4.69, 9.17) is 4.74 Å². The summed E-state index contributed by atoms with van der Waals surface area (Å²) in [5.74, 6) is 0.912. The van der Waals surface area contributed by atoms with E-state index in [1.54, 1.807) is 18.4 Å². The van der Waals surface area contributed by atoms with E-state index in [1.165, 1.54) is 14.9 Å². The van der Waals surface area contributed by atoms with Gasteiger partial charge in [0.05, 0.1) is 7.11 Å². The van der Waals surface area contributed by atoms with Crippen LogP contribution >= 0.6 is 27.3 Å². The van der Waals surface area contributed by atoms with Gasteiger partial charge in [-0.3, -0.25) is 0 Å². The average Bonchev–Trinajstić information content (AvgIpc) is 2.87. The van der Waals surface area contributed by atoms with Crippen LogP contribution < -0.4 is 10.1 Å². The zero-order chi connectivity index (χ0) is 13.7. The molecule has 0 aliphatic heterocycles. The first-order chi connectivity index (χ1) is 9.24. The van der Waals surface area contributed by atoms with Gasteiger partial charge in [0.1, 0.15) is 5.75 Å². The van der Waals surface area contributed by atoms with Crippen LogP contribution in [0.25, 0.3) is 0 Å². The van der Waals surface area contributed by atoms with Gasteiger partial charge in [-0.25, -0.2) is 0 Å². The smallest absolute Gasteiger partial charge is 0.118 e. The Kier molecular flexibility index (Phi) is 5.43. The molecule has 1 heterocycles. The van der Waals surface area contributed by atoms with Crippen molar-refractivity contribution >= 4 is 27.3 Å². The van der Waals surface area contributed by atoms with E-state index in [1.807, 2.05) is 19.2 Å². The van der Waals surface area contributed by atoms with Crippen LogP contribution in [0.1, 0.15) is 22.9 Å². The van der Waals surface area contributed by atoms with E-state index >= 15 is 0 Å². The zero-order valence-corrected chi connectivity index (χ0v) is 13.6. The molecule has 0 radical (unpaired) electrons. The lowest BCUT2D eigenvalue weighted by molar-refractivity contribution is 0.414. The second kappa shape index (κ2) is 7.08. The second-order valence-electron chi connectivity index (χ2n) is 4.36. The highest BCUT2D eigenvalue weighted by atomic mass is 79.9. The molecule has 19 heavy (non-hydrogen) atoms. The number of aryl methyl sites for hydroxylation is 1. The molecule has 1 N–H and O–H groups in total. The van der Waals surface area contributed by atoms with E-state index in [0.29, 0.717) is 6.04 Å². The standard InChI is InChI=1S/C15H18BrNOS/c1-17-14(15-13(16)9-10-19-15)8-5-11-3-6-12(18-2)7-4-11/h3-4,6-7,9-10,14,17H,5,8H2,1-2H3. The second-order valence-corrected chi connectivity index (χ2v) is 6.16. The molecule has 1 unspecified atom stereocenters. The minimum atomic E-state index is 0.400. The first-order valence-electron chi connectivity index (χ1n) is 6.27. The lowest BCUT2D eigenvalue weighted by Crippen LogP contribution is -2.16. The van der Waals surface area contributed by atoms with Crippen LogP contribution in [-0.2, 0) is 6.42 Å². The molecule has 4 heteroatoms. The van der Waals surface area contributed by atoms with E-state index in [2.05, 4.69) is 44.8 Å². The SMILES string of the molecule is CNC(CCc1ccc(OC)cc1)c1sccc1Br. The van der Waals surface area contributed by atoms with Crippen LogP contribution in [0.3, 0.4) is 0 Å². The Bertz CT molecular complexity index is 509. The molecule has 2 nitrogen and oxygen atoms in total. The van der Waals surface area contributed by atoms with Crippen molar-refractivity contribution in [2.24, 2.45) is 0 Å². The Balaban J connectivity index is 1.98. The summed E-state index contributed by atoms with van der Waals surface area (Å²) >= 11 is 5.40. The predicted molar refractivity (Wildman–Crippen MR) is 85.1 cm³/mol. The molecule has 0 spiro atoms. The third kappa shape index (κ3) is 3.81. The normalized spacial score (nSPS) is 12.4. The van der Waals surface area contributed by atoms with Crippen molar-refractivity contribution in [2.75, 3.05) is 14.2 Å². The fourth-order valence-corrected chi connectivity index (χ4v) is 3.86. The molecule has 1 aromatic heterocycles. The summed E-state index contributed by atoms with van der Waals surface area (Å²) in [5, 5.41) is 5.52. The third-order valence-corrected chi connectivity index (χ3v) is 5.17. The summed E-state index contributed by atoms with van der Waals surface area (Å²) in [7, 11) is 3.71. The van der Waals surface area contributed by atoms with Crippen LogP contribution in [0.5, 0.6) is 5.75 Å². The van der Waals surface area contributed by atoms with Gasteiger partial charge in [-0.15, -0.1) is 11.3 Å². The molecule has 0 bridgehead atoms. The maximum absolute atomic E-state index is 5.17. The molecule has 2 rings (SSSR count). The predicted octanol–water partition coefficient (Wildman–Crippen LogP) is 4.41. The number of ether oxygens (including phenoxy) is 1. The first kappa shape index (κ1) is 14.6. The number of thiophene rings is 1. The van der Waals surface area contributed by atoms with Gasteiger partial charge in [0.15, 0.2) is 0 Å². The maximum Gasteiger partial charge on any atom is 0.118 e. The molecule has 0 aliphatic rings. The summed E-state index contributed by atoms with van der Waals surface area (Å²) in [6.07, 6.45) is 2.14. The Labute approximate surface area is 126 Å². The van der Waals surface area contributed by atoms with Gasteiger partial charge in [-0.1, -0.05) is 12.1 Å². The maximum atomic E-state index is 5.17. The molecular weight excluding hydrogens is 322 g/mol. The van der Waals surface area contributed by atoms with Crippen LogP contribution in [0.4, 0.5) is 0 Å². The number of hydrogen-bond donors (Lipinski definition) is 1. The molecule has 2 aromatic rings. The molecule has 0 saturated carbocycles. The monoisotopic (exact) mass is 339 g/mol. The quantitative estimate of drug-likeness (QED) is 0.841. The summed E-state index contributed by atoms with van der Waals surface area (Å²) in [4.78, 5) is 1.37. The number of methoxy groups -OCH3 is 1. The van der Waals surface area contributed by atoms with Crippen LogP contribution in [-0.4, -0.2) is 14.2 Å². The highest BCUT2D eigenvalue weighted by molar-refractivity contribution is 9.10. The van der Waals surface area contributed by atoms with Crippen molar-refractivity contribution in [1.29, 1.82) is 0 Å². The van der Waals surface area contributed by atoms with Gasteiger partial charge in [0.2, 0.25) is 0 Å². The van der Waals surface area contributed by atoms with Crippen molar-refractivity contribution in [3.63, 3.8) is 0 Å². The fraction of sp³-hybridized carbons (Fsp3) is 0.333. The van der Waals surface area contributed by atoms with Gasteiger partial charge < -0.3 is 10.1 Å². The molecule has 0 fully saturated rings. The Morgan fingerprint density at radius 3 is 2.53 bits per heavy atom. The Morgan fingerprint density at radius 2 is 2.00 bits per heavy atom. The van der Waals surface area contributed by atoms with Gasteiger partial charge in [-0.2, -0.15) is 0 Å². The van der Waals surface area contributed by atoms with Gasteiger partial charge in [0.25, 0.3) is 0 Å². The number of halogens is 1. The van der Waals surface area contributed by atoms with Gasteiger partial charge >= 0.3 is 0 Å². The lowest BCUT2D eigenvalue weighted by atomic mass is 10.0. The summed E-state index contributed by atoms with van der Waals surface area (Å²) < 4.78 is 6.37. The van der Waals surface area contributed by atoms with Crippen molar-refractivity contribution in [1.82, 2.24) is 5.32 Å². The molecule has 0 saturated heterocycles. The molecular formula is C15H18BrNOS. The minimum Gasteiger partial charge on any atom is -0.497 e. The van der Waals surface area contributed by atoms with Crippen LogP contribution in [0.2, 0.25) is 0 Å². The Hall–Kier alpha value is -0.840. The fourth-order valence-electron chi connectivity index (χ4n) is 2.06. The molecule has 102 valence electrons. The van der Waals surface area contributed by atoms with Gasteiger partial charge in [0, 0.05) is 15.4 Å². The van der Waals surface area contributed by atoms with Crippen molar-refractivity contribution < 1.29 is 4.74 Å². The largest absolute Gasteiger partial charge is 0.497 e. The highest BCUT2D eigenvalue weighted by Crippen LogP contribution is 2.31. The van der Waals surface area contributed by atoms with Crippen molar-refractivity contribution in [3.05, 3.63) is 50.6 Å². The molecule has 0 amide bonds. The number of hydrogen-bond acceptors (Lipinski definition) is 3. The van der Waals surface area contributed by atoms with E-state index in [-0.39, 0.29) is 0 Å². The molecule has 1 aromatic carbocycles.